The van der Waals surface area contributed by atoms with E-state index in [2.05, 4.69) is 0 Å². The Balaban J connectivity index is 2.05. The van der Waals surface area contributed by atoms with Crippen molar-refractivity contribution < 1.29 is 18.8 Å². The molecule has 0 N–H and O–H groups in total. The Kier molecular flexibility index (Phi) is 7.34. The van der Waals surface area contributed by atoms with Crippen molar-refractivity contribution >= 4 is 35.3 Å². The number of benzene rings is 3. The maximum atomic E-state index is 12.9. The van der Waals surface area contributed by atoms with E-state index in [9.17, 15) is 9.59 Å². The zero-order valence-electron chi connectivity index (χ0n) is 17.1. The normalized spacial score (nSPS) is 11.2. The van der Waals surface area contributed by atoms with E-state index in [-0.39, 0.29) is 6.61 Å². The summed E-state index contributed by atoms with van der Waals surface area (Å²) in [5.41, 5.74) is 0. The SMILES string of the molecule is CN(C)CCOC(=O)C(=O)O[P+](c1ccccc1)(c1ccccc1)c1ccccc1. The molecule has 0 aliphatic carbocycles. The molecule has 0 spiro atoms. The second-order valence-electron chi connectivity index (χ2n) is 6.93. The van der Waals surface area contributed by atoms with Crippen LogP contribution >= 0.6 is 7.49 Å². The van der Waals surface area contributed by atoms with E-state index in [4.69, 9.17) is 9.26 Å². The van der Waals surface area contributed by atoms with Crippen molar-refractivity contribution in [2.24, 2.45) is 0 Å². The molecule has 154 valence electrons. The zero-order chi connectivity index (χ0) is 21.4. The molecular weight excluding hydrogens is 397 g/mol. The molecule has 3 rings (SSSR count). The van der Waals surface area contributed by atoms with Crippen LogP contribution in [0.25, 0.3) is 0 Å². The first-order chi connectivity index (χ1) is 14.5. The summed E-state index contributed by atoms with van der Waals surface area (Å²) in [6, 6.07) is 28.7. The molecule has 0 fully saturated rings. The van der Waals surface area contributed by atoms with Crippen LogP contribution in [0.1, 0.15) is 0 Å². The summed E-state index contributed by atoms with van der Waals surface area (Å²) in [4.78, 5) is 27.1. The van der Waals surface area contributed by atoms with E-state index in [1.165, 1.54) is 0 Å². The monoisotopic (exact) mass is 422 g/mol. The molecule has 0 aliphatic heterocycles. The number of nitrogens with zero attached hydrogens (tertiary/aromatic N) is 1. The second-order valence-corrected chi connectivity index (χ2v) is 9.88. The topological polar surface area (TPSA) is 55.8 Å². The fourth-order valence-electron chi connectivity index (χ4n) is 3.06. The van der Waals surface area contributed by atoms with Crippen molar-refractivity contribution in [3.8, 4) is 0 Å². The fraction of sp³-hybridized carbons (Fsp3) is 0.167. The van der Waals surface area contributed by atoms with Crippen molar-refractivity contribution in [2.75, 3.05) is 27.2 Å². The van der Waals surface area contributed by atoms with Gasteiger partial charge < -0.3 is 9.64 Å². The van der Waals surface area contributed by atoms with E-state index in [1.807, 2.05) is 110 Å². The van der Waals surface area contributed by atoms with Gasteiger partial charge in [-0.05, 0) is 50.5 Å². The molecule has 0 amide bonds. The number of rotatable bonds is 7. The molecule has 0 radical (unpaired) electrons. The number of likely N-dealkylation sites (N-methyl/N-ethyl adjacent to an activating group) is 1. The van der Waals surface area contributed by atoms with Crippen molar-refractivity contribution in [1.29, 1.82) is 0 Å². The number of carbonyl (C=O) groups excluding carboxylic acids is 2. The Morgan fingerprint density at radius 3 is 1.47 bits per heavy atom. The maximum absolute atomic E-state index is 12.9. The smallest absolute Gasteiger partial charge is 0.456 e. The summed E-state index contributed by atoms with van der Waals surface area (Å²) in [6.45, 7) is 0.643. The quantitative estimate of drug-likeness (QED) is 0.333. The lowest BCUT2D eigenvalue weighted by Crippen LogP contribution is -2.36. The molecule has 0 saturated heterocycles. The van der Waals surface area contributed by atoms with Gasteiger partial charge in [0, 0.05) is 6.54 Å². The standard InChI is InChI=1S/C24H25NO4P/c1-25(2)18-19-28-23(26)24(27)29-30(20-12-6-3-7-13-20,21-14-8-4-9-15-21)22-16-10-5-11-17-22/h3-17H,18-19H2,1-2H3/q+1. The van der Waals surface area contributed by atoms with Crippen LogP contribution in [0.5, 0.6) is 0 Å². The van der Waals surface area contributed by atoms with Crippen molar-refractivity contribution in [1.82, 2.24) is 4.90 Å². The van der Waals surface area contributed by atoms with Gasteiger partial charge in [0.15, 0.2) is 0 Å². The largest absolute Gasteiger partial charge is 0.459 e. The molecule has 5 nitrogen and oxygen atoms in total. The predicted molar refractivity (Wildman–Crippen MR) is 121 cm³/mol. The highest BCUT2D eigenvalue weighted by Crippen LogP contribution is 2.56. The lowest BCUT2D eigenvalue weighted by molar-refractivity contribution is -0.162. The maximum Gasteiger partial charge on any atom is 0.459 e. The van der Waals surface area contributed by atoms with Gasteiger partial charge in [-0.15, -0.1) is 0 Å². The number of hydrogen-bond donors (Lipinski definition) is 0. The first-order valence-electron chi connectivity index (χ1n) is 9.65. The van der Waals surface area contributed by atoms with Crippen LogP contribution in [-0.2, 0) is 18.8 Å². The molecule has 3 aromatic carbocycles. The van der Waals surface area contributed by atoms with Crippen LogP contribution in [0.4, 0.5) is 0 Å². The first kappa shape index (κ1) is 21.7. The van der Waals surface area contributed by atoms with E-state index >= 15 is 0 Å². The highest BCUT2D eigenvalue weighted by molar-refractivity contribution is 7.92. The lowest BCUT2D eigenvalue weighted by atomic mass is 10.4. The van der Waals surface area contributed by atoms with Crippen LogP contribution in [0.3, 0.4) is 0 Å². The summed E-state index contributed by atoms with van der Waals surface area (Å²) >= 11 is 0. The van der Waals surface area contributed by atoms with Gasteiger partial charge in [-0.1, -0.05) is 54.6 Å². The molecule has 30 heavy (non-hydrogen) atoms. The Hall–Kier alpha value is -3.01. The summed E-state index contributed by atoms with van der Waals surface area (Å²) in [5, 5.41) is 2.53. The number of esters is 1. The molecular formula is C24H25NO4P+. The van der Waals surface area contributed by atoms with Gasteiger partial charge in [0.25, 0.3) is 7.49 Å². The molecule has 0 aliphatic rings. The van der Waals surface area contributed by atoms with Crippen LogP contribution in [0.15, 0.2) is 91.0 Å². The number of carbonyl (C=O) groups is 2. The minimum Gasteiger partial charge on any atom is -0.456 e. The third-order valence-corrected chi connectivity index (χ3v) is 8.03. The third-order valence-electron chi connectivity index (χ3n) is 4.52. The van der Waals surface area contributed by atoms with Gasteiger partial charge in [0.2, 0.25) is 0 Å². The highest BCUT2D eigenvalue weighted by Gasteiger charge is 2.52. The van der Waals surface area contributed by atoms with Gasteiger partial charge >= 0.3 is 11.9 Å². The van der Waals surface area contributed by atoms with E-state index in [0.717, 1.165) is 15.9 Å². The van der Waals surface area contributed by atoms with Gasteiger partial charge in [-0.2, -0.15) is 0 Å². The predicted octanol–water partition coefficient (Wildman–Crippen LogP) is 2.54. The summed E-state index contributed by atoms with van der Waals surface area (Å²) in [6.07, 6.45) is 0. The first-order valence-corrected chi connectivity index (χ1v) is 11.4. The van der Waals surface area contributed by atoms with Gasteiger partial charge in [0.05, 0.1) is 0 Å². The summed E-state index contributed by atoms with van der Waals surface area (Å²) in [5.74, 6) is -1.97. The van der Waals surface area contributed by atoms with Gasteiger partial charge in [-0.3, -0.25) is 4.52 Å². The van der Waals surface area contributed by atoms with Crippen molar-refractivity contribution in [3.63, 3.8) is 0 Å². The molecule has 0 heterocycles. The molecule has 0 atom stereocenters. The Labute approximate surface area is 177 Å². The van der Waals surface area contributed by atoms with Crippen LogP contribution in [0.2, 0.25) is 0 Å². The number of ether oxygens (including phenoxy) is 1. The Bertz CT molecular complexity index is 866. The van der Waals surface area contributed by atoms with Crippen LogP contribution in [-0.4, -0.2) is 44.1 Å². The van der Waals surface area contributed by atoms with Crippen molar-refractivity contribution in [3.05, 3.63) is 91.0 Å². The molecule has 0 saturated carbocycles. The number of hydrogen-bond acceptors (Lipinski definition) is 5. The van der Waals surface area contributed by atoms with Crippen LogP contribution in [0, 0.1) is 0 Å². The average Bonchev–Trinajstić information content (AvgIpc) is 2.78. The third kappa shape index (κ3) is 4.93. The lowest BCUT2D eigenvalue weighted by Gasteiger charge is -2.24. The minimum absolute atomic E-state index is 0.119. The average molecular weight is 422 g/mol. The van der Waals surface area contributed by atoms with Gasteiger partial charge in [-0.25, -0.2) is 9.59 Å². The second kappa shape index (κ2) is 10.1. The molecule has 0 aromatic heterocycles. The zero-order valence-corrected chi connectivity index (χ0v) is 18.0. The highest BCUT2D eigenvalue weighted by atomic mass is 31.2. The Morgan fingerprint density at radius 1 is 0.700 bits per heavy atom. The Morgan fingerprint density at radius 2 is 1.10 bits per heavy atom. The van der Waals surface area contributed by atoms with E-state index in [1.54, 1.807) is 0 Å². The molecule has 0 unspecified atom stereocenters. The molecule has 3 aromatic rings. The molecule has 0 bridgehead atoms. The van der Waals surface area contributed by atoms with Gasteiger partial charge in [0.1, 0.15) is 22.5 Å². The summed E-state index contributed by atoms with van der Waals surface area (Å²) in [7, 11) is 0.853. The molecule has 6 heteroatoms. The van der Waals surface area contributed by atoms with Crippen LogP contribution < -0.4 is 15.9 Å². The summed E-state index contributed by atoms with van der Waals surface area (Å²) < 4.78 is 11.2. The van der Waals surface area contributed by atoms with Crippen molar-refractivity contribution in [2.45, 2.75) is 0 Å². The van der Waals surface area contributed by atoms with E-state index < -0.39 is 19.4 Å². The fourth-order valence-corrected chi connectivity index (χ4v) is 6.37. The minimum atomic E-state index is -2.88. The van der Waals surface area contributed by atoms with E-state index in [0.29, 0.717) is 6.54 Å².